The Balaban J connectivity index is 1.78. The molecule has 0 aliphatic carbocycles. The lowest BCUT2D eigenvalue weighted by molar-refractivity contribution is 0.556. The van der Waals surface area contributed by atoms with E-state index in [2.05, 4.69) is 11.1 Å². The van der Waals surface area contributed by atoms with Crippen molar-refractivity contribution < 1.29 is 4.42 Å². The highest BCUT2D eigenvalue weighted by Crippen LogP contribution is 2.08. The zero-order valence-corrected chi connectivity index (χ0v) is 9.17. The van der Waals surface area contributed by atoms with E-state index < -0.39 is 0 Å². The summed E-state index contributed by atoms with van der Waals surface area (Å²) in [5.41, 5.74) is 8.46. The number of aromatic nitrogens is 1. The Morgan fingerprint density at radius 3 is 2.94 bits per heavy atom. The molecule has 16 heavy (non-hydrogen) atoms. The summed E-state index contributed by atoms with van der Waals surface area (Å²) in [5, 5.41) is 0. The molecule has 0 bridgehead atoms. The van der Waals surface area contributed by atoms with Crippen LogP contribution in [0.5, 0.6) is 0 Å². The Kier molecular flexibility index (Phi) is 3.72. The predicted molar refractivity (Wildman–Crippen MR) is 62.9 cm³/mol. The van der Waals surface area contributed by atoms with Gasteiger partial charge in [-0.05, 0) is 42.5 Å². The molecule has 0 aliphatic heterocycles. The third-order valence-corrected chi connectivity index (χ3v) is 2.60. The van der Waals surface area contributed by atoms with E-state index in [1.807, 2.05) is 18.3 Å². The lowest BCUT2D eigenvalue weighted by atomic mass is 10.0. The van der Waals surface area contributed by atoms with Gasteiger partial charge in [0, 0.05) is 18.4 Å². The summed E-state index contributed by atoms with van der Waals surface area (Å²) >= 11 is 0. The second-order valence-corrected chi connectivity index (χ2v) is 4.00. The smallest absolute Gasteiger partial charge is 0.0935 e. The van der Waals surface area contributed by atoms with Gasteiger partial charge < -0.3 is 10.2 Å². The summed E-state index contributed by atoms with van der Waals surface area (Å²) in [6.07, 6.45) is 9.94. The monoisotopic (exact) mass is 216 g/mol. The van der Waals surface area contributed by atoms with Crippen LogP contribution in [0.15, 0.2) is 47.5 Å². The van der Waals surface area contributed by atoms with E-state index in [0.29, 0.717) is 0 Å². The van der Waals surface area contributed by atoms with E-state index in [1.165, 1.54) is 11.1 Å². The van der Waals surface area contributed by atoms with Crippen LogP contribution in [0.1, 0.15) is 17.5 Å². The Hall–Kier alpha value is -1.61. The summed E-state index contributed by atoms with van der Waals surface area (Å²) in [5.74, 6) is 0. The molecular formula is C13H16N2O. The van der Waals surface area contributed by atoms with E-state index in [-0.39, 0.29) is 6.04 Å². The first kappa shape index (κ1) is 10.9. The Morgan fingerprint density at radius 1 is 1.31 bits per heavy atom. The van der Waals surface area contributed by atoms with E-state index in [9.17, 15) is 0 Å². The van der Waals surface area contributed by atoms with Crippen LogP contribution < -0.4 is 5.73 Å². The molecule has 3 nitrogen and oxygen atoms in total. The van der Waals surface area contributed by atoms with Gasteiger partial charge >= 0.3 is 0 Å². The third kappa shape index (κ3) is 3.21. The SMILES string of the molecule is NC(CCc1cccnc1)Cc1ccoc1. The molecule has 0 amide bonds. The number of hydrogen-bond donors (Lipinski definition) is 1. The van der Waals surface area contributed by atoms with E-state index >= 15 is 0 Å². The first-order valence-electron chi connectivity index (χ1n) is 5.50. The van der Waals surface area contributed by atoms with Crippen LogP contribution in [0.25, 0.3) is 0 Å². The van der Waals surface area contributed by atoms with Gasteiger partial charge in [0.1, 0.15) is 0 Å². The standard InChI is InChI=1S/C13H16N2O/c14-13(8-12-5-7-16-10-12)4-3-11-2-1-6-15-9-11/h1-2,5-7,9-10,13H,3-4,8,14H2. The fourth-order valence-corrected chi connectivity index (χ4v) is 1.71. The van der Waals surface area contributed by atoms with Crippen LogP contribution in [0.4, 0.5) is 0 Å². The minimum absolute atomic E-state index is 0.179. The third-order valence-electron chi connectivity index (χ3n) is 2.60. The van der Waals surface area contributed by atoms with Crippen LogP contribution in [0.2, 0.25) is 0 Å². The first-order chi connectivity index (χ1) is 7.84. The van der Waals surface area contributed by atoms with Gasteiger partial charge in [-0.3, -0.25) is 4.98 Å². The number of aryl methyl sites for hydroxylation is 1. The minimum atomic E-state index is 0.179. The topological polar surface area (TPSA) is 52.0 Å². The van der Waals surface area contributed by atoms with Crippen molar-refractivity contribution in [1.82, 2.24) is 4.98 Å². The lowest BCUT2D eigenvalue weighted by Gasteiger charge is -2.09. The maximum Gasteiger partial charge on any atom is 0.0935 e. The highest BCUT2D eigenvalue weighted by atomic mass is 16.3. The summed E-state index contributed by atoms with van der Waals surface area (Å²) in [6.45, 7) is 0. The van der Waals surface area contributed by atoms with Crippen LogP contribution in [-0.4, -0.2) is 11.0 Å². The number of hydrogen-bond acceptors (Lipinski definition) is 3. The lowest BCUT2D eigenvalue weighted by Crippen LogP contribution is -2.23. The first-order valence-corrected chi connectivity index (χ1v) is 5.50. The molecule has 0 fully saturated rings. The molecule has 1 atom stereocenters. The summed E-state index contributed by atoms with van der Waals surface area (Å²) in [4.78, 5) is 4.08. The van der Waals surface area contributed by atoms with Crippen molar-refractivity contribution in [2.24, 2.45) is 5.73 Å². The summed E-state index contributed by atoms with van der Waals surface area (Å²) < 4.78 is 5.01. The van der Waals surface area contributed by atoms with Crippen molar-refractivity contribution in [2.75, 3.05) is 0 Å². The summed E-state index contributed by atoms with van der Waals surface area (Å²) in [6, 6.07) is 6.18. The molecule has 2 heterocycles. The van der Waals surface area contributed by atoms with Crippen molar-refractivity contribution in [3.63, 3.8) is 0 Å². The maximum absolute atomic E-state index is 6.05. The van der Waals surface area contributed by atoms with Gasteiger partial charge in [0.2, 0.25) is 0 Å². The van der Waals surface area contributed by atoms with Crippen molar-refractivity contribution in [2.45, 2.75) is 25.3 Å². The van der Waals surface area contributed by atoms with Crippen molar-refractivity contribution in [1.29, 1.82) is 0 Å². The van der Waals surface area contributed by atoms with Crippen molar-refractivity contribution in [3.8, 4) is 0 Å². The predicted octanol–water partition coefficient (Wildman–Crippen LogP) is 2.18. The largest absolute Gasteiger partial charge is 0.472 e. The average Bonchev–Trinajstić information content (AvgIpc) is 2.81. The van der Waals surface area contributed by atoms with Crippen molar-refractivity contribution >= 4 is 0 Å². The summed E-state index contributed by atoms with van der Waals surface area (Å²) in [7, 11) is 0. The molecule has 3 heteroatoms. The molecule has 0 spiro atoms. The second-order valence-electron chi connectivity index (χ2n) is 4.00. The van der Waals surface area contributed by atoms with Gasteiger partial charge in [0.05, 0.1) is 12.5 Å². The molecule has 84 valence electrons. The zero-order chi connectivity index (χ0) is 11.2. The Morgan fingerprint density at radius 2 is 2.25 bits per heavy atom. The minimum Gasteiger partial charge on any atom is -0.472 e. The van der Waals surface area contributed by atoms with E-state index in [1.54, 1.807) is 18.7 Å². The maximum atomic E-state index is 6.05. The molecule has 2 N–H and O–H groups in total. The molecule has 0 saturated heterocycles. The second kappa shape index (κ2) is 5.47. The van der Waals surface area contributed by atoms with Crippen LogP contribution >= 0.6 is 0 Å². The Bertz CT molecular complexity index is 397. The van der Waals surface area contributed by atoms with Gasteiger partial charge in [-0.2, -0.15) is 0 Å². The molecule has 2 aromatic rings. The molecule has 0 aliphatic rings. The number of nitrogens with zero attached hydrogens (tertiary/aromatic N) is 1. The molecule has 2 rings (SSSR count). The van der Waals surface area contributed by atoms with Gasteiger partial charge in [-0.15, -0.1) is 0 Å². The Labute approximate surface area is 95.3 Å². The number of pyridine rings is 1. The molecule has 0 aromatic carbocycles. The van der Waals surface area contributed by atoms with Gasteiger partial charge in [0.15, 0.2) is 0 Å². The van der Waals surface area contributed by atoms with Crippen molar-refractivity contribution in [3.05, 3.63) is 54.2 Å². The van der Waals surface area contributed by atoms with Crippen LogP contribution in [-0.2, 0) is 12.8 Å². The molecule has 1 unspecified atom stereocenters. The highest BCUT2D eigenvalue weighted by Gasteiger charge is 2.05. The van der Waals surface area contributed by atoms with E-state index in [0.717, 1.165) is 19.3 Å². The van der Waals surface area contributed by atoms with Crippen LogP contribution in [0.3, 0.4) is 0 Å². The quantitative estimate of drug-likeness (QED) is 0.833. The van der Waals surface area contributed by atoms with Gasteiger partial charge in [0.25, 0.3) is 0 Å². The molecular weight excluding hydrogens is 200 g/mol. The van der Waals surface area contributed by atoms with E-state index in [4.69, 9.17) is 10.2 Å². The fourth-order valence-electron chi connectivity index (χ4n) is 1.71. The highest BCUT2D eigenvalue weighted by molar-refractivity contribution is 5.10. The van der Waals surface area contributed by atoms with Gasteiger partial charge in [-0.1, -0.05) is 6.07 Å². The normalized spacial score (nSPS) is 12.6. The average molecular weight is 216 g/mol. The fraction of sp³-hybridized carbons (Fsp3) is 0.308. The molecule has 2 aromatic heterocycles. The molecule has 0 saturated carbocycles. The molecule has 0 radical (unpaired) electrons. The number of rotatable bonds is 5. The number of nitrogens with two attached hydrogens (primary N) is 1. The van der Waals surface area contributed by atoms with Crippen LogP contribution in [0, 0.1) is 0 Å². The van der Waals surface area contributed by atoms with Gasteiger partial charge in [-0.25, -0.2) is 0 Å². The zero-order valence-electron chi connectivity index (χ0n) is 9.17. The number of furan rings is 1.